The van der Waals surface area contributed by atoms with Crippen LogP contribution in [0, 0.1) is 12.4 Å². The van der Waals surface area contributed by atoms with Gasteiger partial charge in [0, 0.05) is 16.0 Å². The number of hydrogen-bond acceptors (Lipinski definition) is 2. The number of aromatic nitrogens is 2. The number of carboxylic acids is 1. The molecular weight excluding hydrogens is 381 g/mol. The van der Waals surface area contributed by atoms with Crippen LogP contribution < -0.4 is 0 Å². The van der Waals surface area contributed by atoms with E-state index < -0.39 is 5.97 Å². The average molecular weight is 392 g/mol. The van der Waals surface area contributed by atoms with E-state index in [-0.39, 0.29) is 11.4 Å². The zero-order valence-electron chi connectivity index (χ0n) is 14.2. The Morgan fingerprint density at radius 2 is 1.86 bits per heavy atom. The normalized spacial score (nSPS) is 10.8. The fourth-order valence-corrected chi connectivity index (χ4v) is 3.20. The van der Waals surface area contributed by atoms with Gasteiger partial charge in [0.05, 0.1) is 23.3 Å². The van der Waals surface area contributed by atoms with Gasteiger partial charge in [-0.15, -0.1) is 0 Å². The molecule has 0 saturated carbocycles. The van der Waals surface area contributed by atoms with Crippen molar-refractivity contribution >= 4 is 34.2 Å². The highest BCUT2D eigenvalue weighted by atomic mass is 35.5. The number of carbonyl (C=O) groups is 1. The summed E-state index contributed by atoms with van der Waals surface area (Å²) in [6, 6.07) is 15.2. The van der Waals surface area contributed by atoms with E-state index in [9.17, 15) is 14.3 Å². The number of hydrogen-bond donors (Lipinski definition) is 1. The predicted octanol–water partition coefficient (Wildman–Crippen LogP) is 5.73. The molecule has 1 aromatic heterocycles. The first kappa shape index (κ1) is 17.7. The average Bonchev–Trinajstić information content (AvgIpc) is 3.07. The second-order valence-electron chi connectivity index (χ2n) is 6.05. The summed E-state index contributed by atoms with van der Waals surface area (Å²) in [6.07, 6.45) is 0. The molecule has 0 atom stereocenters. The molecule has 3 aromatic carbocycles. The third-order valence-corrected chi connectivity index (χ3v) is 4.66. The van der Waals surface area contributed by atoms with Gasteiger partial charge in [0.1, 0.15) is 11.5 Å². The topological polar surface area (TPSA) is 59.5 Å². The van der Waals surface area contributed by atoms with E-state index in [2.05, 4.69) is 9.94 Å². The molecule has 0 aliphatic carbocycles. The molecule has 0 aliphatic heterocycles. The Morgan fingerprint density at radius 1 is 1.11 bits per heavy atom. The summed E-state index contributed by atoms with van der Waals surface area (Å²) in [5.41, 5.74) is 2.67. The molecule has 1 N–H and O–H groups in total. The number of fused-ring (bicyclic) bond motifs is 1. The molecule has 0 saturated heterocycles. The Balaban J connectivity index is 2.05. The third-order valence-electron chi connectivity index (χ3n) is 4.33. The quantitative estimate of drug-likeness (QED) is 0.453. The Bertz CT molecular complexity index is 1270. The summed E-state index contributed by atoms with van der Waals surface area (Å²) < 4.78 is 14.9. The van der Waals surface area contributed by atoms with Crippen LogP contribution in [0.4, 0.5) is 10.1 Å². The second-order valence-corrected chi connectivity index (χ2v) is 6.46. The number of carboxylic acid groups (broad SMARTS) is 1. The van der Waals surface area contributed by atoms with Gasteiger partial charge in [-0.1, -0.05) is 23.7 Å². The van der Waals surface area contributed by atoms with E-state index >= 15 is 0 Å². The van der Waals surface area contributed by atoms with Crippen LogP contribution >= 0.6 is 11.6 Å². The van der Waals surface area contributed by atoms with Crippen LogP contribution in [0.3, 0.4) is 0 Å². The molecule has 0 spiro atoms. The minimum atomic E-state index is -1.07. The molecule has 0 bridgehead atoms. The maximum Gasteiger partial charge on any atom is 0.335 e. The van der Waals surface area contributed by atoms with Crippen molar-refractivity contribution in [3.63, 3.8) is 0 Å². The molecule has 28 heavy (non-hydrogen) atoms. The molecule has 5 nitrogen and oxygen atoms in total. The molecule has 0 amide bonds. The minimum Gasteiger partial charge on any atom is -0.478 e. The van der Waals surface area contributed by atoms with Gasteiger partial charge in [-0.3, -0.25) is 0 Å². The van der Waals surface area contributed by atoms with E-state index in [1.807, 2.05) is 0 Å². The van der Waals surface area contributed by atoms with Crippen LogP contribution in [0.5, 0.6) is 0 Å². The van der Waals surface area contributed by atoms with Crippen molar-refractivity contribution in [2.75, 3.05) is 0 Å². The van der Waals surface area contributed by atoms with Gasteiger partial charge in [-0.2, -0.15) is 5.10 Å². The molecule has 136 valence electrons. The second kappa shape index (κ2) is 6.80. The fraction of sp³-hybridized carbons (Fsp3) is 0. The summed E-state index contributed by atoms with van der Waals surface area (Å²) in [7, 11) is 0. The number of benzene rings is 3. The smallest absolute Gasteiger partial charge is 0.335 e. The molecule has 0 unspecified atom stereocenters. The van der Waals surface area contributed by atoms with Crippen LogP contribution in [0.25, 0.3) is 32.7 Å². The van der Waals surface area contributed by atoms with E-state index in [0.29, 0.717) is 38.6 Å². The Morgan fingerprint density at radius 3 is 2.54 bits per heavy atom. The Kier molecular flexibility index (Phi) is 4.30. The maximum atomic E-state index is 13.3. The maximum absolute atomic E-state index is 13.3. The molecular formula is C21H11ClFN3O2. The van der Waals surface area contributed by atoms with Crippen molar-refractivity contribution in [3.8, 4) is 16.9 Å². The van der Waals surface area contributed by atoms with Crippen LogP contribution in [0.2, 0.25) is 5.02 Å². The van der Waals surface area contributed by atoms with Crippen molar-refractivity contribution in [3.05, 3.63) is 88.5 Å². The van der Waals surface area contributed by atoms with Crippen molar-refractivity contribution < 1.29 is 14.3 Å². The highest BCUT2D eigenvalue weighted by molar-refractivity contribution is 6.33. The summed E-state index contributed by atoms with van der Waals surface area (Å²) >= 11 is 6.35. The lowest BCUT2D eigenvalue weighted by molar-refractivity contribution is 0.0697. The van der Waals surface area contributed by atoms with Gasteiger partial charge in [0.2, 0.25) is 0 Å². The van der Waals surface area contributed by atoms with Gasteiger partial charge in [0.15, 0.2) is 5.69 Å². The number of halogens is 2. The van der Waals surface area contributed by atoms with Crippen molar-refractivity contribution in [2.24, 2.45) is 0 Å². The lowest BCUT2D eigenvalue weighted by Gasteiger charge is -2.04. The summed E-state index contributed by atoms with van der Waals surface area (Å²) in [4.78, 5) is 14.8. The predicted molar refractivity (Wildman–Crippen MR) is 105 cm³/mol. The van der Waals surface area contributed by atoms with E-state index in [1.54, 1.807) is 36.4 Å². The highest BCUT2D eigenvalue weighted by Crippen LogP contribution is 2.36. The van der Waals surface area contributed by atoms with Gasteiger partial charge in [-0.25, -0.2) is 18.7 Å². The molecule has 4 rings (SSSR count). The first-order chi connectivity index (χ1) is 13.5. The molecule has 0 radical (unpaired) electrons. The van der Waals surface area contributed by atoms with Crippen LogP contribution in [-0.4, -0.2) is 20.9 Å². The number of nitrogens with zero attached hydrogens (tertiary/aromatic N) is 3. The SMILES string of the molecule is [C-]#[N+]c1ccc(Cl)c(-c2nn(-c3ccc(F)cc3)c3cc(C(=O)O)ccc23)c1. The first-order valence-corrected chi connectivity index (χ1v) is 8.55. The molecule has 0 aliphatic rings. The molecule has 7 heteroatoms. The van der Waals surface area contributed by atoms with Crippen LogP contribution in [0.15, 0.2) is 60.7 Å². The van der Waals surface area contributed by atoms with E-state index in [4.69, 9.17) is 18.2 Å². The largest absolute Gasteiger partial charge is 0.478 e. The number of aromatic carboxylic acids is 1. The van der Waals surface area contributed by atoms with Gasteiger partial charge in [-0.05, 0) is 48.5 Å². The Hall–Kier alpha value is -3.69. The summed E-state index contributed by atoms with van der Waals surface area (Å²) in [5.74, 6) is -1.46. The van der Waals surface area contributed by atoms with Crippen LogP contribution in [-0.2, 0) is 0 Å². The lowest BCUT2D eigenvalue weighted by atomic mass is 10.1. The lowest BCUT2D eigenvalue weighted by Crippen LogP contribution is -1.99. The van der Waals surface area contributed by atoms with Crippen molar-refractivity contribution in [1.82, 2.24) is 9.78 Å². The van der Waals surface area contributed by atoms with Gasteiger partial charge >= 0.3 is 5.97 Å². The van der Waals surface area contributed by atoms with Crippen molar-refractivity contribution in [1.29, 1.82) is 0 Å². The molecule has 4 aromatic rings. The van der Waals surface area contributed by atoms with E-state index in [0.717, 1.165) is 0 Å². The monoisotopic (exact) mass is 391 g/mol. The summed E-state index contributed by atoms with van der Waals surface area (Å²) in [6.45, 7) is 7.23. The number of rotatable bonds is 3. The minimum absolute atomic E-state index is 0.100. The zero-order valence-corrected chi connectivity index (χ0v) is 15.0. The standard InChI is InChI=1S/C21H11ClFN3O2/c1-24-14-5-9-18(22)17(11-14)20-16-8-2-12(21(27)28)10-19(16)26(25-20)15-6-3-13(23)4-7-15/h2-11H,(H,27,28). The van der Waals surface area contributed by atoms with Crippen molar-refractivity contribution in [2.45, 2.75) is 0 Å². The fourth-order valence-electron chi connectivity index (χ4n) is 2.99. The first-order valence-electron chi connectivity index (χ1n) is 8.17. The zero-order chi connectivity index (χ0) is 19.8. The summed E-state index contributed by atoms with van der Waals surface area (Å²) in [5, 5.41) is 15.0. The van der Waals surface area contributed by atoms with Gasteiger partial charge < -0.3 is 5.11 Å². The Labute approximate surface area is 164 Å². The molecule has 1 heterocycles. The van der Waals surface area contributed by atoms with E-state index in [1.165, 1.54) is 28.9 Å². The van der Waals surface area contributed by atoms with Crippen LogP contribution in [0.1, 0.15) is 10.4 Å². The van der Waals surface area contributed by atoms with Gasteiger partial charge in [0.25, 0.3) is 0 Å². The highest BCUT2D eigenvalue weighted by Gasteiger charge is 2.18. The third kappa shape index (κ3) is 2.98. The molecule has 0 fully saturated rings.